The lowest BCUT2D eigenvalue weighted by Crippen LogP contribution is -2.45. The minimum Gasteiger partial charge on any atom is -0.367 e. The molecule has 0 aliphatic carbocycles. The smallest absolute Gasteiger partial charge is 0.367 e. The van der Waals surface area contributed by atoms with E-state index in [2.05, 4.69) is 0 Å². The molecule has 1 aliphatic rings. The number of nitrogens with zero attached hydrogens (tertiary/aromatic N) is 1. The van der Waals surface area contributed by atoms with Crippen molar-refractivity contribution in [1.29, 1.82) is 0 Å². The standard InChI is InChI=1S/C14H16F3NO2/c1-2-18-6-7-20-12(9-18)13(19)10-4-3-5-11(8-10)14(15,16)17/h3-5,8,12H,2,6-7,9H2,1H3. The Labute approximate surface area is 115 Å². The Hall–Kier alpha value is -1.40. The summed E-state index contributed by atoms with van der Waals surface area (Å²) in [6.45, 7) is 4.34. The number of hydrogen-bond donors (Lipinski definition) is 0. The van der Waals surface area contributed by atoms with Crippen LogP contribution in [0.1, 0.15) is 22.8 Å². The first kappa shape index (κ1) is 15.0. The number of likely N-dealkylation sites (N-methyl/N-ethyl adjacent to an activating group) is 1. The van der Waals surface area contributed by atoms with E-state index < -0.39 is 23.6 Å². The summed E-state index contributed by atoms with van der Waals surface area (Å²) < 4.78 is 43.3. The van der Waals surface area contributed by atoms with E-state index in [1.807, 2.05) is 11.8 Å². The van der Waals surface area contributed by atoms with E-state index in [-0.39, 0.29) is 5.56 Å². The molecular weight excluding hydrogens is 271 g/mol. The van der Waals surface area contributed by atoms with Gasteiger partial charge in [-0.05, 0) is 18.7 Å². The van der Waals surface area contributed by atoms with Crippen LogP contribution in [-0.4, -0.2) is 43.0 Å². The van der Waals surface area contributed by atoms with Gasteiger partial charge < -0.3 is 4.74 Å². The van der Waals surface area contributed by atoms with Gasteiger partial charge in [0.2, 0.25) is 0 Å². The Kier molecular flexibility index (Phi) is 4.45. The molecule has 0 aromatic heterocycles. The van der Waals surface area contributed by atoms with Crippen LogP contribution in [0, 0.1) is 0 Å². The van der Waals surface area contributed by atoms with Gasteiger partial charge in [-0.2, -0.15) is 13.2 Å². The monoisotopic (exact) mass is 287 g/mol. The van der Waals surface area contributed by atoms with Crippen molar-refractivity contribution in [1.82, 2.24) is 4.90 Å². The van der Waals surface area contributed by atoms with Crippen molar-refractivity contribution < 1.29 is 22.7 Å². The highest BCUT2D eigenvalue weighted by Gasteiger charge is 2.32. The third kappa shape index (κ3) is 3.37. The van der Waals surface area contributed by atoms with Gasteiger partial charge in [0.25, 0.3) is 0 Å². The fourth-order valence-corrected chi connectivity index (χ4v) is 2.18. The molecule has 0 saturated carbocycles. The van der Waals surface area contributed by atoms with E-state index in [4.69, 9.17) is 4.74 Å². The first-order chi connectivity index (χ1) is 9.41. The van der Waals surface area contributed by atoms with E-state index in [0.717, 1.165) is 25.2 Å². The SMILES string of the molecule is CCN1CCOC(C(=O)c2cccc(C(F)(F)F)c2)C1. The molecule has 1 aliphatic heterocycles. The molecule has 1 atom stereocenters. The number of benzene rings is 1. The molecule has 0 bridgehead atoms. The second kappa shape index (κ2) is 5.93. The molecule has 110 valence electrons. The van der Waals surface area contributed by atoms with Gasteiger partial charge in [0, 0.05) is 18.7 Å². The maximum Gasteiger partial charge on any atom is 0.416 e. The number of hydrogen-bond acceptors (Lipinski definition) is 3. The van der Waals surface area contributed by atoms with Crippen LogP contribution >= 0.6 is 0 Å². The fourth-order valence-electron chi connectivity index (χ4n) is 2.18. The molecule has 0 amide bonds. The summed E-state index contributed by atoms with van der Waals surface area (Å²) in [5.74, 6) is -0.394. The molecule has 3 nitrogen and oxygen atoms in total. The molecular formula is C14H16F3NO2. The Morgan fingerprint density at radius 1 is 1.45 bits per heavy atom. The van der Waals surface area contributed by atoms with Gasteiger partial charge in [-0.15, -0.1) is 0 Å². The largest absolute Gasteiger partial charge is 0.416 e. The van der Waals surface area contributed by atoms with Gasteiger partial charge in [0.15, 0.2) is 5.78 Å². The molecule has 20 heavy (non-hydrogen) atoms. The summed E-state index contributed by atoms with van der Waals surface area (Å²) in [5, 5.41) is 0. The number of rotatable bonds is 3. The normalized spacial score (nSPS) is 20.9. The lowest BCUT2D eigenvalue weighted by Gasteiger charge is -2.31. The zero-order valence-electron chi connectivity index (χ0n) is 11.1. The molecule has 1 saturated heterocycles. The van der Waals surface area contributed by atoms with Crippen molar-refractivity contribution in [3.05, 3.63) is 35.4 Å². The highest BCUT2D eigenvalue weighted by Crippen LogP contribution is 2.30. The summed E-state index contributed by atoms with van der Waals surface area (Å²) in [4.78, 5) is 14.3. The lowest BCUT2D eigenvalue weighted by molar-refractivity contribution is -0.137. The van der Waals surface area contributed by atoms with E-state index in [1.54, 1.807) is 0 Å². The fraction of sp³-hybridized carbons (Fsp3) is 0.500. The van der Waals surface area contributed by atoms with Crippen LogP contribution in [0.2, 0.25) is 0 Å². The summed E-state index contributed by atoms with van der Waals surface area (Å²) in [5.41, 5.74) is -0.769. The highest BCUT2D eigenvalue weighted by molar-refractivity contribution is 5.99. The van der Waals surface area contributed by atoms with Gasteiger partial charge in [-0.3, -0.25) is 9.69 Å². The third-order valence-electron chi connectivity index (χ3n) is 3.36. The molecule has 1 fully saturated rings. The number of carbonyl (C=O) groups is 1. The number of carbonyl (C=O) groups excluding carboxylic acids is 1. The molecule has 2 rings (SSSR count). The minimum atomic E-state index is -4.45. The van der Waals surface area contributed by atoms with Gasteiger partial charge in [0.1, 0.15) is 6.10 Å². The number of halogens is 3. The number of ketones is 1. The summed E-state index contributed by atoms with van der Waals surface area (Å²) in [6, 6.07) is 4.48. The predicted octanol–water partition coefficient (Wildman–Crippen LogP) is 2.61. The topological polar surface area (TPSA) is 29.5 Å². The molecule has 0 radical (unpaired) electrons. The van der Waals surface area contributed by atoms with Crippen molar-refractivity contribution in [3.63, 3.8) is 0 Å². The van der Waals surface area contributed by atoms with Crippen LogP contribution in [0.3, 0.4) is 0 Å². The van der Waals surface area contributed by atoms with Crippen LogP contribution in [0.25, 0.3) is 0 Å². The zero-order chi connectivity index (χ0) is 14.8. The van der Waals surface area contributed by atoms with Gasteiger partial charge in [-0.25, -0.2) is 0 Å². The van der Waals surface area contributed by atoms with Gasteiger partial charge in [-0.1, -0.05) is 19.1 Å². The molecule has 1 heterocycles. The van der Waals surface area contributed by atoms with Crippen molar-refractivity contribution in [2.75, 3.05) is 26.2 Å². The first-order valence-electron chi connectivity index (χ1n) is 6.47. The molecule has 1 aromatic carbocycles. The molecule has 1 aromatic rings. The quantitative estimate of drug-likeness (QED) is 0.800. The van der Waals surface area contributed by atoms with Crippen LogP contribution in [0.4, 0.5) is 13.2 Å². The Morgan fingerprint density at radius 3 is 2.85 bits per heavy atom. The highest BCUT2D eigenvalue weighted by atomic mass is 19.4. The molecule has 0 N–H and O–H groups in total. The molecule has 1 unspecified atom stereocenters. The van der Waals surface area contributed by atoms with Crippen LogP contribution in [0.15, 0.2) is 24.3 Å². The Balaban J connectivity index is 2.17. The number of morpholine rings is 1. The second-order valence-corrected chi connectivity index (χ2v) is 4.70. The van der Waals surface area contributed by atoms with Crippen molar-refractivity contribution in [2.45, 2.75) is 19.2 Å². The maximum atomic E-state index is 12.6. The zero-order valence-corrected chi connectivity index (χ0v) is 11.1. The summed E-state index contributed by atoms with van der Waals surface area (Å²) >= 11 is 0. The maximum absolute atomic E-state index is 12.6. The average Bonchev–Trinajstić information content (AvgIpc) is 2.46. The first-order valence-corrected chi connectivity index (χ1v) is 6.47. The van der Waals surface area contributed by atoms with E-state index in [1.165, 1.54) is 12.1 Å². The summed E-state index contributed by atoms with van der Waals surface area (Å²) in [6.07, 6.45) is -5.13. The van der Waals surface area contributed by atoms with E-state index >= 15 is 0 Å². The molecule has 0 spiro atoms. The van der Waals surface area contributed by atoms with Crippen LogP contribution < -0.4 is 0 Å². The molecule has 6 heteroatoms. The van der Waals surface area contributed by atoms with Crippen molar-refractivity contribution in [3.8, 4) is 0 Å². The van der Waals surface area contributed by atoms with Crippen LogP contribution in [-0.2, 0) is 10.9 Å². The van der Waals surface area contributed by atoms with E-state index in [9.17, 15) is 18.0 Å². The lowest BCUT2D eigenvalue weighted by atomic mass is 10.0. The second-order valence-electron chi connectivity index (χ2n) is 4.70. The number of ether oxygens (including phenoxy) is 1. The van der Waals surface area contributed by atoms with Crippen molar-refractivity contribution >= 4 is 5.78 Å². The van der Waals surface area contributed by atoms with Gasteiger partial charge in [0.05, 0.1) is 12.2 Å². The number of Topliss-reactive ketones (excluding diaryl/α,β-unsaturated/α-hetero) is 1. The third-order valence-corrected chi connectivity index (χ3v) is 3.36. The average molecular weight is 287 g/mol. The minimum absolute atomic E-state index is 0.0442. The summed E-state index contributed by atoms with van der Waals surface area (Å²) in [7, 11) is 0. The Bertz CT molecular complexity index is 488. The van der Waals surface area contributed by atoms with Crippen LogP contribution in [0.5, 0.6) is 0 Å². The Morgan fingerprint density at radius 2 is 2.20 bits per heavy atom. The van der Waals surface area contributed by atoms with Crippen molar-refractivity contribution in [2.24, 2.45) is 0 Å². The number of alkyl halides is 3. The predicted molar refractivity (Wildman–Crippen MR) is 67.6 cm³/mol. The van der Waals surface area contributed by atoms with E-state index in [0.29, 0.717) is 13.2 Å². The van der Waals surface area contributed by atoms with Gasteiger partial charge >= 0.3 is 6.18 Å².